The standard InChI is InChI=1S/C12H21N3S/c1-3-6-15(11-4-5-11)8-10-9-16-12(14-10)7-13-2/h9,11,13H,3-8H2,1-2H3. The van der Waals surface area contributed by atoms with E-state index in [1.54, 1.807) is 11.3 Å². The predicted octanol–water partition coefficient (Wildman–Crippen LogP) is 2.24. The highest BCUT2D eigenvalue weighted by molar-refractivity contribution is 7.09. The van der Waals surface area contributed by atoms with Gasteiger partial charge in [-0.15, -0.1) is 11.3 Å². The smallest absolute Gasteiger partial charge is 0.107 e. The summed E-state index contributed by atoms with van der Waals surface area (Å²) in [5.41, 5.74) is 1.25. The second kappa shape index (κ2) is 5.75. The molecular weight excluding hydrogens is 218 g/mol. The van der Waals surface area contributed by atoms with Gasteiger partial charge in [0.1, 0.15) is 5.01 Å². The van der Waals surface area contributed by atoms with Crippen LogP contribution in [-0.2, 0) is 13.1 Å². The van der Waals surface area contributed by atoms with Crippen molar-refractivity contribution in [3.63, 3.8) is 0 Å². The van der Waals surface area contributed by atoms with Crippen LogP contribution >= 0.6 is 11.3 Å². The Kier molecular flexibility index (Phi) is 4.32. The van der Waals surface area contributed by atoms with Gasteiger partial charge in [-0.1, -0.05) is 6.92 Å². The molecule has 1 N–H and O–H groups in total. The first-order valence-corrected chi connectivity index (χ1v) is 7.03. The van der Waals surface area contributed by atoms with E-state index in [0.29, 0.717) is 0 Å². The Labute approximate surface area is 102 Å². The van der Waals surface area contributed by atoms with Gasteiger partial charge in [0.05, 0.1) is 5.69 Å². The molecule has 1 aliphatic rings. The van der Waals surface area contributed by atoms with Crippen molar-refractivity contribution in [2.75, 3.05) is 13.6 Å². The summed E-state index contributed by atoms with van der Waals surface area (Å²) in [4.78, 5) is 7.23. The van der Waals surface area contributed by atoms with Crippen LogP contribution in [0.4, 0.5) is 0 Å². The number of rotatable bonds is 7. The van der Waals surface area contributed by atoms with Crippen molar-refractivity contribution in [2.45, 2.75) is 45.3 Å². The fraction of sp³-hybridized carbons (Fsp3) is 0.750. The quantitative estimate of drug-likeness (QED) is 0.791. The van der Waals surface area contributed by atoms with E-state index in [2.05, 4.69) is 27.5 Å². The fourth-order valence-corrected chi connectivity index (χ4v) is 2.78. The molecule has 1 aromatic heterocycles. The van der Waals surface area contributed by atoms with Crippen LogP contribution in [0.1, 0.15) is 36.9 Å². The number of hydrogen-bond donors (Lipinski definition) is 1. The van der Waals surface area contributed by atoms with Crippen LogP contribution in [0.3, 0.4) is 0 Å². The summed E-state index contributed by atoms with van der Waals surface area (Å²) >= 11 is 1.77. The molecule has 0 saturated heterocycles. The highest BCUT2D eigenvalue weighted by Crippen LogP contribution is 2.28. The van der Waals surface area contributed by atoms with Crippen molar-refractivity contribution in [1.82, 2.24) is 15.2 Å². The van der Waals surface area contributed by atoms with Gasteiger partial charge in [0.25, 0.3) is 0 Å². The van der Waals surface area contributed by atoms with Crippen molar-refractivity contribution >= 4 is 11.3 Å². The topological polar surface area (TPSA) is 28.2 Å². The van der Waals surface area contributed by atoms with Crippen molar-refractivity contribution in [3.05, 3.63) is 16.1 Å². The van der Waals surface area contributed by atoms with Crippen LogP contribution in [0, 0.1) is 0 Å². The second-order valence-electron chi connectivity index (χ2n) is 4.46. The van der Waals surface area contributed by atoms with Crippen molar-refractivity contribution < 1.29 is 0 Å². The van der Waals surface area contributed by atoms with Gasteiger partial charge in [0.15, 0.2) is 0 Å². The van der Waals surface area contributed by atoms with Gasteiger partial charge < -0.3 is 5.32 Å². The molecule has 0 bridgehead atoms. The lowest BCUT2D eigenvalue weighted by Crippen LogP contribution is -2.26. The zero-order chi connectivity index (χ0) is 11.4. The van der Waals surface area contributed by atoms with Crippen molar-refractivity contribution in [1.29, 1.82) is 0 Å². The van der Waals surface area contributed by atoms with Gasteiger partial charge in [-0.2, -0.15) is 0 Å². The Balaban J connectivity index is 1.89. The lowest BCUT2D eigenvalue weighted by Gasteiger charge is -2.19. The highest BCUT2D eigenvalue weighted by atomic mass is 32.1. The average molecular weight is 239 g/mol. The van der Waals surface area contributed by atoms with Crippen LogP contribution in [-0.4, -0.2) is 29.5 Å². The number of thiazole rings is 1. The molecular formula is C12H21N3S. The summed E-state index contributed by atoms with van der Waals surface area (Å²) in [5.74, 6) is 0. The zero-order valence-electron chi connectivity index (χ0n) is 10.2. The van der Waals surface area contributed by atoms with Gasteiger partial charge in [-0.3, -0.25) is 4.90 Å². The number of nitrogens with one attached hydrogen (secondary N) is 1. The number of hydrogen-bond acceptors (Lipinski definition) is 4. The first kappa shape index (κ1) is 12.0. The second-order valence-corrected chi connectivity index (χ2v) is 5.41. The molecule has 1 fully saturated rings. The molecule has 0 spiro atoms. The number of aromatic nitrogens is 1. The predicted molar refractivity (Wildman–Crippen MR) is 68.6 cm³/mol. The van der Waals surface area contributed by atoms with Crippen molar-refractivity contribution in [2.24, 2.45) is 0 Å². The summed E-state index contributed by atoms with van der Waals surface area (Å²) in [7, 11) is 1.97. The summed E-state index contributed by atoms with van der Waals surface area (Å²) in [6.45, 7) is 5.40. The van der Waals surface area contributed by atoms with Crippen LogP contribution in [0.15, 0.2) is 5.38 Å². The third-order valence-electron chi connectivity index (χ3n) is 2.87. The molecule has 1 saturated carbocycles. The molecule has 0 amide bonds. The Morgan fingerprint density at radius 1 is 1.56 bits per heavy atom. The lowest BCUT2D eigenvalue weighted by atomic mass is 10.3. The van der Waals surface area contributed by atoms with Crippen LogP contribution < -0.4 is 5.32 Å². The maximum atomic E-state index is 4.65. The van der Waals surface area contributed by atoms with Crippen LogP contribution in [0.25, 0.3) is 0 Å². The molecule has 1 aliphatic carbocycles. The first-order chi connectivity index (χ1) is 7.83. The van der Waals surface area contributed by atoms with Gasteiger partial charge in [0.2, 0.25) is 0 Å². The van der Waals surface area contributed by atoms with E-state index in [-0.39, 0.29) is 0 Å². The van der Waals surface area contributed by atoms with Crippen LogP contribution in [0.2, 0.25) is 0 Å². The van der Waals surface area contributed by atoms with E-state index < -0.39 is 0 Å². The van der Waals surface area contributed by atoms with E-state index in [0.717, 1.165) is 19.1 Å². The molecule has 16 heavy (non-hydrogen) atoms. The molecule has 1 aromatic rings. The third-order valence-corrected chi connectivity index (χ3v) is 3.76. The Morgan fingerprint density at radius 2 is 2.38 bits per heavy atom. The average Bonchev–Trinajstić information content (AvgIpc) is 3.02. The van der Waals surface area contributed by atoms with Crippen molar-refractivity contribution in [3.8, 4) is 0 Å². The minimum atomic E-state index is 0.842. The molecule has 0 aliphatic heterocycles. The number of nitrogens with zero attached hydrogens (tertiary/aromatic N) is 2. The maximum absolute atomic E-state index is 4.65. The minimum Gasteiger partial charge on any atom is -0.314 e. The fourth-order valence-electron chi connectivity index (χ4n) is 1.98. The van der Waals surface area contributed by atoms with Gasteiger partial charge in [0, 0.05) is 24.5 Å². The van der Waals surface area contributed by atoms with Gasteiger partial charge >= 0.3 is 0 Å². The van der Waals surface area contributed by atoms with E-state index in [9.17, 15) is 0 Å². The monoisotopic (exact) mass is 239 g/mol. The van der Waals surface area contributed by atoms with Crippen LogP contribution in [0.5, 0.6) is 0 Å². The van der Waals surface area contributed by atoms with Gasteiger partial charge in [-0.05, 0) is 32.9 Å². The zero-order valence-corrected chi connectivity index (χ0v) is 11.0. The molecule has 1 heterocycles. The Hall–Kier alpha value is -0.450. The Morgan fingerprint density at radius 3 is 3.00 bits per heavy atom. The largest absolute Gasteiger partial charge is 0.314 e. The van der Waals surface area contributed by atoms with E-state index in [1.165, 1.54) is 36.5 Å². The summed E-state index contributed by atoms with van der Waals surface area (Å²) in [6.07, 6.45) is 4.00. The summed E-state index contributed by atoms with van der Waals surface area (Å²) < 4.78 is 0. The molecule has 90 valence electrons. The maximum Gasteiger partial charge on any atom is 0.107 e. The SMILES string of the molecule is CCCN(Cc1csc(CNC)n1)C1CC1. The lowest BCUT2D eigenvalue weighted by molar-refractivity contribution is 0.252. The minimum absolute atomic E-state index is 0.842. The highest BCUT2D eigenvalue weighted by Gasteiger charge is 2.28. The van der Waals surface area contributed by atoms with E-state index in [4.69, 9.17) is 0 Å². The third kappa shape index (κ3) is 3.27. The molecule has 0 unspecified atom stereocenters. The molecule has 4 heteroatoms. The summed E-state index contributed by atoms with van der Waals surface area (Å²) in [5, 5.41) is 6.55. The molecule has 0 atom stereocenters. The Bertz CT molecular complexity index is 320. The summed E-state index contributed by atoms with van der Waals surface area (Å²) in [6, 6.07) is 0.842. The molecule has 0 aromatic carbocycles. The van der Waals surface area contributed by atoms with E-state index in [1.807, 2.05) is 7.05 Å². The first-order valence-electron chi connectivity index (χ1n) is 6.15. The normalized spacial score (nSPS) is 15.9. The van der Waals surface area contributed by atoms with E-state index >= 15 is 0 Å². The molecule has 3 nitrogen and oxygen atoms in total. The molecule has 0 radical (unpaired) electrons. The molecule has 2 rings (SSSR count). The van der Waals surface area contributed by atoms with Gasteiger partial charge in [-0.25, -0.2) is 4.98 Å².